The van der Waals surface area contributed by atoms with E-state index < -0.39 is 0 Å². The Balaban J connectivity index is 2.17. The summed E-state index contributed by atoms with van der Waals surface area (Å²) >= 11 is 6.06. The van der Waals surface area contributed by atoms with Crippen LogP contribution in [0.5, 0.6) is 0 Å². The number of nitrogens with one attached hydrogen (secondary N) is 2. The SMILES string of the molecule is CC(C)CNCc1cc(Cl)ccc1N1CC(=O)NC(=O)C1. The number of imide groups is 1. The number of carbonyl (C=O) groups excluding carboxylic acids is 2. The summed E-state index contributed by atoms with van der Waals surface area (Å²) in [7, 11) is 0. The molecule has 2 amide bonds. The number of amides is 2. The third-order valence-corrected chi connectivity index (χ3v) is 3.43. The van der Waals surface area contributed by atoms with E-state index in [0.29, 0.717) is 17.5 Å². The van der Waals surface area contributed by atoms with Gasteiger partial charge >= 0.3 is 0 Å². The molecule has 5 nitrogen and oxygen atoms in total. The zero-order valence-electron chi connectivity index (χ0n) is 12.3. The van der Waals surface area contributed by atoms with Crippen LogP contribution >= 0.6 is 11.6 Å². The van der Waals surface area contributed by atoms with Gasteiger partial charge in [-0.3, -0.25) is 14.9 Å². The van der Waals surface area contributed by atoms with Crippen molar-refractivity contribution in [3.05, 3.63) is 28.8 Å². The molecule has 0 aromatic heterocycles. The maximum atomic E-state index is 11.5. The fourth-order valence-corrected chi connectivity index (χ4v) is 2.50. The van der Waals surface area contributed by atoms with Gasteiger partial charge in [-0.25, -0.2) is 0 Å². The standard InChI is InChI=1S/C15H20ClN3O2/c1-10(2)6-17-7-11-5-12(16)3-4-13(11)19-8-14(20)18-15(21)9-19/h3-5,10,17H,6-9H2,1-2H3,(H,18,20,21). The second kappa shape index (κ2) is 6.91. The molecule has 1 aliphatic rings. The minimum Gasteiger partial charge on any atom is -0.353 e. The summed E-state index contributed by atoms with van der Waals surface area (Å²) in [5.41, 5.74) is 1.87. The Bertz CT molecular complexity index is 530. The number of carbonyl (C=O) groups is 2. The molecule has 1 heterocycles. The van der Waals surface area contributed by atoms with E-state index in [1.54, 1.807) is 11.0 Å². The Morgan fingerprint density at radius 2 is 1.95 bits per heavy atom. The largest absolute Gasteiger partial charge is 0.353 e. The van der Waals surface area contributed by atoms with Crippen LogP contribution in [0, 0.1) is 5.92 Å². The highest BCUT2D eigenvalue weighted by atomic mass is 35.5. The van der Waals surface area contributed by atoms with Crippen LogP contribution < -0.4 is 15.5 Å². The number of anilines is 1. The Hall–Kier alpha value is -1.59. The van der Waals surface area contributed by atoms with Gasteiger partial charge in [0.1, 0.15) is 0 Å². The number of hydrogen-bond donors (Lipinski definition) is 2. The number of rotatable bonds is 5. The molecule has 2 rings (SSSR count). The van der Waals surface area contributed by atoms with Crippen molar-refractivity contribution in [2.45, 2.75) is 20.4 Å². The van der Waals surface area contributed by atoms with E-state index in [4.69, 9.17) is 11.6 Å². The van der Waals surface area contributed by atoms with Gasteiger partial charge in [0.25, 0.3) is 0 Å². The Labute approximate surface area is 129 Å². The molecule has 0 atom stereocenters. The maximum absolute atomic E-state index is 11.5. The molecule has 1 aromatic rings. The first-order valence-corrected chi connectivity index (χ1v) is 7.40. The predicted octanol–water partition coefficient (Wildman–Crippen LogP) is 1.55. The van der Waals surface area contributed by atoms with Crippen molar-refractivity contribution in [1.82, 2.24) is 10.6 Å². The molecular formula is C15H20ClN3O2. The quantitative estimate of drug-likeness (QED) is 0.810. The summed E-state index contributed by atoms with van der Waals surface area (Å²) in [5, 5.41) is 6.31. The van der Waals surface area contributed by atoms with Gasteiger partial charge in [-0.1, -0.05) is 25.4 Å². The number of piperazine rings is 1. The van der Waals surface area contributed by atoms with Crippen molar-refractivity contribution >= 4 is 29.1 Å². The summed E-state index contributed by atoms with van der Waals surface area (Å²) < 4.78 is 0. The van der Waals surface area contributed by atoms with Gasteiger partial charge < -0.3 is 10.2 Å². The molecule has 0 saturated carbocycles. The molecule has 1 aliphatic heterocycles. The molecule has 6 heteroatoms. The van der Waals surface area contributed by atoms with Gasteiger partial charge in [0.2, 0.25) is 11.8 Å². The van der Waals surface area contributed by atoms with Gasteiger partial charge in [-0.15, -0.1) is 0 Å². The van der Waals surface area contributed by atoms with Crippen LogP contribution in [0.1, 0.15) is 19.4 Å². The molecule has 0 bridgehead atoms. The Morgan fingerprint density at radius 1 is 1.29 bits per heavy atom. The van der Waals surface area contributed by atoms with Crippen molar-refractivity contribution < 1.29 is 9.59 Å². The van der Waals surface area contributed by atoms with Crippen LogP contribution in [0.25, 0.3) is 0 Å². The topological polar surface area (TPSA) is 61.4 Å². The molecule has 0 radical (unpaired) electrons. The minimum absolute atomic E-state index is 0.185. The second-order valence-electron chi connectivity index (χ2n) is 5.63. The second-order valence-corrected chi connectivity index (χ2v) is 6.06. The Morgan fingerprint density at radius 3 is 2.57 bits per heavy atom. The molecule has 2 N–H and O–H groups in total. The lowest BCUT2D eigenvalue weighted by Gasteiger charge is -2.29. The molecule has 1 fully saturated rings. The van der Waals surface area contributed by atoms with E-state index in [2.05, 4.69) is 24.5 Å². The van der Waals surface area contributed by atoms with Crippen molar-refractivity contribution in [2.24, 2.45) is 5.92 Å². The minimum atomic E-state index is -0.276. The van der Waals surface area contributed by atoms with E-state index in [-0.39, 0.29) is 24.9 Å². The summed E-state index contributed by atoms with van der Waals surface area (Å²) in [4.78, 5) is 24.8. The number of benzene rings is 1. The molecule has 1 aromatic carbocycles. The van der Waals surface area contributed by atoms with Gasteiger partial charge in [0.15, 0.2) is 0 Å². The van der Waals surface area contributed by atoms with Crippen molar-refractivity contribution in [3.63, 3.8) is 0 Å². The fourth-order valence-electron chi connectivity index (χ4n) is 2.31. The van der Waals surface area contributed by atoms with Gasteiger partial charge in [0.05, 0.1) is 13.1 Å². The average Bonchev–Trinajstić information content (AvgIpc) is 2.37. The molecule has 114 valence electrons. The summed E-state index contributed by atoms with van der Waals surface area (Å²) in [5.74, 6) is -0.000411. The zero-order valence-corrected chi connectivity index (χ0v) is 13.0. The van der Waals surface area contributed by atoms with Crippen LogP contribution in [0.15, 0.2) is 18.2 Å². The van der Waals surface area contributed by atoms with Crippen molar-refractivity contribution in [1.29, 1.82) is 0 Å². The summed E-state index contributed by atoms with van der Waals surface area (Å²) in [6.07, 6.45) is 0. The fraction of sp³-hybridized carbons (Fsp3) is 0.467. The number of hydrogen-bond acceptors (Lipinski definition) is 4. The van der Waals surface area contributed by atoms with E-state index in [1.165, 1.54) is 0 Å². The molecule has 0 unspecified atom stereocenters. The summed E-state index contributed by atoms with van der Waals surface area (Å²) in [6, 6.07) is 5.52. The molecule has 21 heavy (non-hydrogen) atoms. The molecule has 0 aliphatic carbocycles. The molecule has 1 saturated heterocycles. The van der Waals surface area contributed by atoms with Gasteiger partial charge in [-0.05, 0) is 36.2 Å². The highest BCUT2D eigenvalue weighted by Gasteiger charge is 2.24. The van der Waals surface area contributed by atoms with Crippen molar-refractivity contribution in [2.75, 3.05) is 24.5 Å². The predicted molar refractivity (Wildman–Crippen MR) is 83.4 cm³/mol. The number of nitrogens with zero attached hydrogens (tertiary/aromatic N) is 1. The van der Waals surface area contributed by atoms with Gasteiger partial charge in [-0.2, -0.15) is 0 Å². The van der Waals surface area contributed by atoms with Crippen molar-refractivity contribution in [3.8, 4) is 0 Å². The third kappa shape index (κ3) is 4.44. The first kappa shape index (κ1) is 15.8. The lowest BCUT2D eigenvalue weighted by atomic mass is 10.1. The maximum Gasteiger partial charge on any atom is 0.246 e. The highest BCUT2D eigenvalue weighted by Crippen LogP contribution is 2.25. The normalized spacial score (nSPS) is 15.5. The first-order valence-electron chi connectivity index (χ1n) is 7.02. The average molecular weight is 310 g/mol. The highest BCUT2D eigenvalue weighted by molar-refractivity contribution is 6.30. The van der Waals surface area contributed by atoms with Crippen LogP contribution in [0.3, 0.4) is 0 Å². The van der Waals surface area contributed by atoms with Crippen LogP contribution in [0.4, 0.5) is 5.69 Å². The monoisotopic (exact) mass is 309 g/mol. The van der Waals surface area contributed by atoms with E-state index in [0.717, 1.165) is 17.8 Å². The molecule has 0 spiro atoms. The third-order valence-electron chi connectivity index (χ3n) is 3.20. The van der Waals surface area contributed by atoms with Gasteiger partial charge in [0, 0.05) is 17.3 Å². The number of halogens is 1. The smallest absolute Gasteiger partial charge is 0.246 e. The van der Waals surface area contributed by atoms with E-state index in [1.807, 2.05) is 12.1 Å². The van der Waals surface area contributed by atoms with Crippen LogP contribution in [0.2, 0.25) is 5.02 Å². The van der Waals surface area contributed by atoms with Crippen LogP contribution in [-0.4, -0.2) is 31.4 Å². The Kier molecular flexibility index (Phi) is 5.20. The van der Waals surface area contributed by atoms with E-state index in [9.17, 15) is 9.59 Å². The first-order chi connectivity index (χ1) is 9.95. The summed E-state index contributed by atoms with van der Waals surface area (Å²) in [6.45, 7) is 6.19. The van der Waals surface area contributed by atoms with E-state index >= 15 is 0 Å². The zero-order chi connectivity index (χ0) is 15.4. The molecular weight excluding hydrogens is 290 g/mol. The lowest BCUT2D eigenvalue weighted by molar-refractivity contribution is -0.130. The lowest BCUT2D eigenvalue weighted by Crippen LogP contribution is -2.51. The van der Waals surface area contributed by atoms with Crippen LogP contribution in [-0.2, 0) is 16.1 Å².